The predicted octanol–water partition coefficient (Wildman–Crippen LogP) is 4.30. The predicted molar refractivity (Wildman–Crippen MR) is 80.8 cm³/mol. The Morgan fingerprint density at radius 3 is 2.65 bits per heavy atom. The highest BCUT2D eigenvalue weighted by Crippen LogP contribution is 2.41. The van der Waals surface area contributed by atoms with Crippen molar-refractivity contribution >= 4 is 16.7 Å². The highest BCUT2D eigenvalue weighted by molar-refractivity contribution is 6.11. The molecule has 2 aromatic rings. The summed E-state index contributed by atoms with van der Waals surface area (Å²) in [5.74, 6) is -1.42. The van der Waals surface area contributed by atoms with E-state index in [-0.39, 0.29) is 5.56 Å². The molecule has 0 amide bonds. The van der Waals surface area contributed by atoms with E-state index in [2.05, 4.69) is 0 Å². The summed E-state index contributed by atoms with van der Waals surface area (Å²) >= 11 is 0. The van der Waals surface area contributed by atoms with E-state index in [9.17, 15) is 18.0 Å². The number of rotatable bonds is 5. The molecule has 124 valence electrons. The largest absolute Gasteiger partial charge is 0.454 e. The minimum absolute atomic E-state index is 0.273. The van der Waals surface area contributed by atoms with Crippen molar-refractivity contribution in [3.05, 3.63) is 35.5 Å². The molecule has 23 heavy (non-hydrogen) atoms. The molecule has 1 aromatic heterocycles. The molecule has 1 aliphatic rings. The molecule has 0 radical (unpaired) electrons. The molecule has 1 fully saturated rings. The van der Waals surface area contributed by atoms with Crippen LogP contribution in [0.25, 0.3) is 10.9 Å². The summed E-state index contributed by atoms with van der Waals surface area (Å²) in [6.45, 7) is 0.796. The fourth-order valence-corrected chi connectivity index (χ4v) is 3.14. The maximum atomic E-state index is 12.9. The number of methoxy groups -OCH3 is 1. The first-order valence-electron chi connectivity index (χ1n) is 7.65. The summed E-state index contributed by atoms with van der Waals surface area (Å²) in [5.41, 5.74) is 1.50. The number of fused-ring (bicyclic) bond motifs is 1. The van der Waals surface area contributed by atoms with Gasteiger partial charge in [0, 0.05) is 25.2 Å². The fourth-order valence-electron chi connectivity index (χ4n) is 3.14. The Bertz CT molecular complexity index is 729. The van der Waals surface area contributed by atoms with E-state index < -0.39 is 12.0 Å². The molecule has 0 atom stereocenters. The van der Waals surface area contributed by atoms with Gasteiger partial charge in [0.05, 0.1) is 17.7 Å². The maximum Gasteiger partial charge on any atom is 0.454 e. The zero-order valence-corrected chi connectivity index (χ0v) is 12.8. The highest BCUT2D eigenvalue weighted by Gasteiger charge is 2.41. The van der Waals surface area contributed by atoms with Gasteiger partial charge in [-0.2, -0.15) is 13.2 Å². The molecular formula is C17H18F3NO2. The third kappa shape index (κ3) is 2.87. The van der Waals surface area contributed by atoms with Crippen molar-refractivity contribution in [1.29, 1.82) is 0 Å². The van der Waals surface area contributed by atoms with Gasteiger partial charge in [-0.05, 0) is 24.3 Å². The van der Waals surface area contributed by atoms with Crippen LogP contribution in [-0.4, -0.2) is 30.2 Å². The Balaban J connectivity index is 2.16. The van der Waals surface area contributed by atoms with E-state index >= 15 is 0 Å². The van der Waals surface area contributed by atoms with E-state index in [1.54, 1.807) is 23.8 Å². The maximum absolute atomic E-state index is 12.9. The molecule has 0 aliphatic heterocycles. The van der Waals surface area contributed by atoms with E-state index in [0.29, 0.717) is 24.5 Å². The Kier molecular flexibility index (Phi) is 4.19. The van der Waals surface area contributed by atoms with Crippen LogP contribution in [0.15, 0.2) is 24.4 Å². The van der Waals surface area contributed by atoms with Gasteiger partial charge >= 0.3 is 6.18 Å². The first kappa shape index (κ1) is 16.1. The molecule has 0 bridgehead atoms. The highest BCUT2D eigenvalue weighted by atomic mass is 19.4. The lowest BCUT2D eigenvalue weighted by molar-refractivity contribution is -0.0884. The van der Waals surface area contributed by atoms with Crippen LogP contribution in [0, 0.1) is 0 Å². The Morgan fingerprint density at radius 2 is 2.09 bits per heavy atom. The number of para-hydroxylation sites is 1. The van der Waals surface area contributed by atoms with E-state index in [0.717, 1.165) is 30.3 Å². The van der Waals surface area contributed by atoms with Gasteiger partial charge < -0.3 is 9.30 Å². The number of halogens is 3. The summed E-state index contributed by atoms with van der Waals surface area (Å²) in [4.78, 5) is 11.8. The Morgan fingerprint density at radius 1 is 1.35 bits per heavy atom. The summed E-state index contributed by atoms with van der Waals surface area (Å²) in [7, 11) is 1.54. The van der Waals surface area contributed by atoms with Gasteiger partial charge in [-0.15, -0.1) is 0 Å². The van der Waals surface area contributed by atoms with Crippen molar-refractivity contribution in [1.82, 2.24) is 4.57 Å². The molecule has 1 aromatic carbocycles. The molecule has 3 rings (SSSR count). The minimum atomic E-state index is -4.87. The summed E-state index contributed by atoms with van der Waals surface area (Å²) in [6, 6.07) is 5.29. The van der Waals surface area contributed by atoms with Gasteiger partial charge in [0.25, 0.3) is 5.78 Å². The first-order chi connectivity index (χ1) is 10.9. The van der Waals surface area contributed by atoms with Crippen molar-refractivity contribution in [3.8, 4) is 0 Å². The average Bonchev–Trinajstić information content (AvgIpc) is 2.81. The third-order valence-electron chi connectivity index (χ3n) is 4.51. The van der Waals surface area contributed by atoms with Gasteiger partial charge in [-0.25, -0.2) is 0 Å². The number of carbonyl (C=O) groups excluding carboxylic acids is 1. The SMILES string of the molecule is COCCn1cc(C(=O)C(F)(F)F)c2cccc(C3CCC3)c21. The van der Waals surface area contributed by atoms with Crippen molar-refractivity contribution < 1.29 is 22.7 Å². The van der Waals surface area contributed by atoms with Gasteiger partial charge in [0.15, 0.2) is 0 Å². The van der Waals surface area contributed by atoms with Crippen LogP contribution in [0.4, 0.5) is 13.2 Å². The van der Waals surface area contributed by atoms with Gasteiger partial charge in [-0.3, -0.25) is 4.79 Å². The number of hydrogen-bond donors (Lipinski definition) is 0. The van der Waals surface area contributed by atoms with Crippen LogP contribution in [0.5, 0.6) is 0 Å². The van der Waals surface area contributed by atoms with Gasteiger partial charge in [0.2, 0.25) is 0 Å². The number of benzene rings is 1. The number of nitrogens with zero attached hydrogens (tertiary/aromatic N) is 1. The molecule has 1 heterocycles. The Labute approximate surface area is 132 Å². The first-order valence-corrected chi connectivity index (χ1v) is 7.65. The van der Waals surface area contributed by atoms with Crippen LogP contribution in [-0.2, 0) is 11.3 Å². The zero-order valence-electron chi connectivity index (χ0n) is 12.8. The number of Topliss-reactive ketones (excluding diaryl/α,β-unsaturated/α-hetero) is 1. The second-order valence-electron chi connectivity index (χ2n) is 5.93. The van der Waals surface area contributed by atoms with Crippen molar-refractivity contribution in [2.45, 2.75) is 37.9 Å². The number of ketones is 1. The molecule has 0 unspecified atom stereocenters. The third-order valence-corrected chi connectivity index (χ3v) is 4.51. The molecule has 0 spiro atoms. The molecule has 3 nitrogen and oxygen atoms in total. The van der Waals surface area contributed by atoms with Crippen LogP contribution in [0.3, 0.4) is 0 Å². The fraction of sp³-hybridized carbons (Fsp3) is 0.471. The standard InChI is InChI=1S/C17H18F3NO2/c1-23-9-8-21-10-14(16(22)17(18,19)20)13-7-3-6-12(15(13)21)11-4-2-5-11/h3,6-7,10-11H,2,4-5,8-9H2,1H3. The zero-order chi connectivity index (χ0) is 16.6. The van der Waals surface area contributed by atoms with Crippen molar-refractivity contribution in [3.63, 3.8) is 0 Å². The quantitative estimate of drug-likeness (QED) is 0.768. The Hall–Kier alpha value is -1.82. The van der Waals surface area contributed by atoms with Gasteiger partial charge in [0.1, 0.15) is 0 Å². The summed E-state index contributed by atoms with van der Waals surface area (Å²) in [6.07, 6.45) is -0.336. The number of carbonyl (C=O) groups is 1. The normalized spacial score (nSPS) is 15.8. The smallest absolute Gasteiger partial charge is 0.383 e. The van der Waals surface area contributed by atoms with E-state index in [1.165, 1.54) is 6.20 Å². The van der Waals surface area contributed by atoms with Crippen LogP contribution < -0.4 is 0 Å². The molecular weight excluding hydrogens is 307 g/mol. The number of ether oxygens (including phenoxy) is 1. The van der Waals surface area contributed by atoms with Crippen molar-refractivity contribution in [2.24, 2.45) is 0 Å². The molecule has 0 N–H and O–H groups in total. The molecule has 1 saturated carbocycles. The molecule has 6 heteroatoms. The number of aromatic nitrogens is 1. The van der Waals surface area contributed by atoms with Crippen LogP contribution >= 0.6 is 0 Å². The molecule has 1 aliphatic carbocycles. The van der Waals surface area contributed by atoms with E-state index in [1.807, 2.05) is 6.07 Å². The second-order valence-corrected chi connectivity index (χ2v) is 5.93. The monoisotopic (exact) mass is 325 g/mol. The van der Waals surface area contributed by atoms with Crippen molar-refractivity contribution in [2.75, 3.05) is 13.7 Å². The lowest BCUT2D eigenvalue weighted by atomic mass is 9.79. The second kappa shape index (κ2) is 6.00. The summed E-state index contributed by atoms with van der Waals surface area (Å²) in [5, 5.41) is 0.382. The molecule has 0 saturated heterocycles. The van der Waals surface area contributed by atoms with Crippen LogP contribution in [0.2, 0.25) is 0 Å². The van der Waals surface area contributed by atoms with Crippen LogP contribution in [0.1, 0.15) is 41.1 Å². The minimum Gasteiger partial charge on any atom is -0.383 e. The topological polar surface area (TPSA) is 31.2 Å². The number of hydrogen-bond acceptors (Lipinski definition) is 2. The number of alkyl halides is 3. The van der Waals surface area contributed by atoms with Gasteiger partial charge in [-0.1, -0.05) is 24.6 Å². The lowest BCUT2D eigenvalue weighted by Gasteiger charge is -2.27. The van der Waals surface area contributed by atoms with E-state index in [4.69, 9.17) is 4.74 Å². The lowest BCUT2D eigenvalue weighted by Crippen LogP contribution is -2.22. The summed E-state index contributed by atoms with van der Waals surface area (Å²) < 4.78 is 45.4. The average molecular weight is 325 g/mol.